The highest BCUT2D eigenvalue weighted by Gasteiger charge is 2.19. The van der Waals surface area contributed by atoms with Gasteiger partial charge in [0.05, 0.1) is 10.6 Å². The largest absolute Gasteiger partial charge is 0.300 e. The van der Waals surface area contributed by atoms with E-state index in [4.69, 9.17) is 0 Å². The molecule has 4 heterocycles. The van der Waals surface area contributed by atoms with Gasteiger partial charge in [-0.1, -0.05) is 6.07 Å². The molecule has 4 aromatic rings. The second kappa shape index (κ2) is 7.83. The zero-order valence-electron chi connectivity index (χ0n) is 14.8. The van der Waals surface area contributed by atoms with Gasteiger partial charge in [0.15, 0.2) is 5.13 Å². The monoisotopic (exact) mass is 409 g/mol. The third-order valence-electron chi connectivity index (χ3n) is 4.04. The molecule has 9 heteroatoms. The van der Waals surface area contributed by atoms with Gasteiger partial charge in [-0.2, -0.15) is 5.10 Å². The number of carbonyl (C=O) groups is 1. The number of nitrogens with zero attached hydrogens (tertiary/aromatic N) is 4. The molecule has 0 saturated carbocycles. The molecule has 1 N–H and O–H groups in total. The summed E-state index contributed by atoms with van der Waals surface area (Å²) < 4.78 is 1.19. The van der Waals surface area contributed by atoms with Gasteiger partial charge < -0.3 is 5.32 Å². The number of nitrogens with one attached hydrogen (secondary N) is 1. The van der Waals surface area contributed by atoms with Crippen LogP contribution in [0.15, 0.2) is 64.3 Å². The maximum Gasteiger partial charge on any atom is 0.267 e. The van der Waals surface area contributed by atoms with Gasteiger partial charge in [-0.3, -0.25) is 14.6 Å². The predicted octanol–water partition coefficient (Wildman–Crippen LogP) is 3.69. The third-order valence-corrected chi connectivity index (χ3v) is 5.69. The Hall–Kier alpha value is -3.17. The lowest BCUT2D eigenvalue weighted by molar-refractivity contribution is -0.119. The Morgan fingerprint density at radius 1 is 1.14 bits per heavy atom. The maximum absolute atomic E-state index is 12.7. The molecule has 0 aliphatic heterocycles. The molecule has 0 fully saturated rings. The second-order valence-electron chi connectivity index (χ2n) is 5.92. The molecule has 0 bridgehead atoms. The Labute approximate surface area is 168 Å². The molecule has 4 aromatic heterocycles. The number of rotatable bonds is 5. The van der Waals surface area contributed by atoms with Crippen LogP contribution in [0, 0.1) is 0 Å². The first-order valence-electron chi connectivity index (χ1n) is 8.42. The Morgan fingerprint density at radius 2 is 2.04 bits per heavy atom. The minimum absolute atomic E-state index is 0.335. The van der Waals surface area contributed by atoms with Crippen molar-refractivity contribution in [3.8, 4) is 21.8 Å². The number of carbonyl (C=O) groups excluding carboxylic acids is 1. The van der Waals surface area contributed by atoms with Crippen LogP contribution in [0.2, 0.25) is 0 Å². The SMILES string of the molecule is CC(C(=O)Nc1nc(-c2cccnc2)cs1)n1nc(-c2cccs2)ccc1=O. The lowest BCUT2D eigenvalue weighted by Gasteiger charge is -2.13. The molecule has 1 amide bonds. The van der Waals surface area contributed by atoms with Crippen molar-refractivity contribution in [2.75, 3.05) is 5.32 Å². The van der Waals surface area contributed by atoms with E-state index in [1.54, 1.807) is 25.4 Å². The van der Waals surface area contributed by atoms with Crippen LogP contribution in [0.5, 0.6) is 0 Å². The molecule has 28 heavy (non-hydrogen) atoms. The minimum atomic E-state index is -0.779. The second-order valence-corrected chi connectivity index (χ2v) is 7.73. The number of thiophene rings is 1. The van der Waals surface area contributed by atoms with Crippen LogP contribution in [0.3, 0.4) is 0 Å². The van der Waals surface area contributed by atoms with E-state index in [0.29, 0.717) is 10.8 Å². The van der Waals surface area contributed by atoms with Gasteiger partial charge >= 0.3 is 0 Å². The smallest absolute Gasteiger partial charge is 0.267 e. The van der Waals surface area contributed by atoms with Crippen LogP contribution in [0.25, 0.3) is 21.8 Å². The molecule has 4 rings (SSSR count). The Kier molecular flexibility index (Phi) is 5.09. The number of aromatic nitrogens is 4. The van der Waals surface area contributed by atoms with Crippen LogP contribution in [-0.2, 0) is 4.79 Å². The molecule has 1 unspecified atom stereocenters. The van der Waals surface area contributed by atoms with Gasteiger partial charge in [-0.05, 0) is 36.6 Å². The van der Waals surface area contributed by atoms with Crippen LogP contribution < -0.4 is 10.9 Å². The van der Waals surface area contributed by atoms with E-state index in [1.807, 2.05) is 35.0 Å². The normalized spacial score (nSPS) is 11.9. The molecule has 0 radical (unpaired) electrons. The van der Waals surface area contributed by atoms with Gasteiger partial charge in [-0.15, -0.1) is 22.7 Å². The van der Waals surface area contributed by atoms with Crippen LogP contribution in [0.1, 0.15) is 13.0 Å². The zero-order chi connectivity index (χ0) is 19.5. The van der Waals surface area contributed by atoms with Crippen molar-refractivity contribution in [1.29, 1.82) is 0 Å². The molecule has 140 valence electrons. The first-order chi connectivity index (χ1) is 13.6. The molecule has 7 nitrogen and oxygen atoms in total. The van der Waals surface area contributed by atoms with E-state index in [1.165, 1.54) is 33.4 Å². The Bertz CT molecular complexity index is 1150. The standard InChI is InChI=1S/C19H15N5O2S2/c1-12(24-17(25)7-6-14(23-24)16-5-3-9-27-16)18(26)22-19-21-15(11-28-19)13-4-2-8-20-10-13/h2-12H,1H3,(H,21,22,26). The topological polar surface area (TPSA) is 89.8 Å². The summed E-state index contributed by atoms with van der Waals surface area (Å²) in [6, 6.07) is 9.87. The number of hydrogen-bond acceptors (Lipinski definition) is 7. The van der Waals surface area contributed by atoms with Gasteiger partial charge in [0.25, 0.3) is 11.5 Å². The predicted molar refractivity (Wildman–Crippen MR) is 110 cm³/mol. The van der Waals surface area contributed by atoms with Gasteiger partial charge in [-0.25, -0.2) is 9.67 Å². The molecule has 0 aromatic carbocycles. The highest BCUT2D eigenvalue weighted by atomic mass is 32.1. The van der Waals surface area contributed by atoms with Crippen molar-refractivity contribution in [2.24, 2.45) is 0 Å². The van der Waals surface area contributed by atoms with Crippen molar-refractivity contribution in [3.05, 3.63) is 69.9 Å². The van der Waals surface area contributed by atoms with Crippen molar-refractivity contribution in [1.82, 2.24) is 19.7 Å². The first-order valence-corrected chi connectivity index (χ1v) is 10.2. The van der Waals surface area contributed by atoms with Crippen molar-refractivity contribution < 1.29 is 4.79 Å². The Balaban J connectivity index is 1.54. The fourth-order valence-corrected chi connectivity index (χ4v) is 3.97. The summed E-state index contributed by atoms with van der Waals surface area (Å²) in [5.74, 6) is -0.356. The van der Waals surface area contributed by atoms with Crippen molar-refractivity contribution in [2.45, 2.75) is 13.0 Å². The van der Waals surface area contributed by atoms with Gasteiger partial charge in [0, 0.05) is 29.4 Å². The average molecular weight is 409 g/mol. The third kappa shape index (κ3) is 3.75. The molecule has 0 spiro atoms. The highest BCUT2D eigenvalue weighted by Crippen LogP contribution is 2.25. The van der Waals surface area contributed by atoms with E-state index in [2.05, 4.69) is 20.4 Å². The molecular formula is C19H15N5O2S2. The fraction of sp³-hybridized carbons (Fsp3) is 0.105. The van der Waals surface area contributed by atoms with E-state index in [9.17, 15) is 9.59 Å². The van der Waals surface area contributed by atoms with E-state index in [0.717, 1.165) is 16.1 Å². The van der Waals surface area contributed by atoms with Crippen LogP contribution >= 0.6 is 22.7 Å². The lowest BCUT2D eigenvalue weighted by Crippen LogP contribution is -2.33. The zero-order valence-corrected chi connectivity index (χ0v) is 16.4. The Morgan fingerprint density at radius 3 is 2.79 bits per heavy atom. The van der Waals surface area contributed by atoms with E-state index >= 15 is 0 Å². The summed E-state index contributed by atoms with van der Waals surface area (Å²) in [6.45, 7) is 1.64. The fourth-order valence-electron chi connectivity index (χ4n) is 2.56. The lowest BCUT2D eigenvalue weighted by atomic mass is 10.2. The van der Waals surface area contributed by atoms with Crippen molar-refractivity contribution >= 4 is 33.7 Å². The summed E-state index contributed by atoms with van der Waals surface area (Å²) in [7, 11) is 0. The number of thiazole rings is 1. The summed E-state index contributed by atoms with van der Waals surface area (Å²) >= 11 is 2.84. The van der Waals surface area contributed by atoms with Gasteiger partial charge in [0.1, 0.15) is 11.7 Å². The molecule has 1 atom stereocenters. The average Bonchev–Trinajstić information content (AvgIpc) is 3.41. The molecule has 0 aliphatic carbocycles. The number of pyridine rings is 1. The van der Waals surface area contributed by atoms with E-state index in [-0.39, 0.29) is 11.5 Å². The van der Waals surface area contributed by atoms with E-state index < -0.39 is 6.04 Å². The number of anilines is 1. The highest BCUT2D eigenvalue weighted by molar-refractivity contribution is 7.14. The van der Waals surface area contributed by atoms with Gasteiger partial charge in [0.2, 0.25) is 0 Å². The molecular weight excluding hydrogens is 394 g/mol. The minimum Gasteiger partial charge on any atom is -0.300 e. The van der Waals surface area contributed by atoms with Crippen LogP contribution in [0.4, 0.5) is 5.13 Å². The number of amides is 1. The van der Waals surface area contributed by atoms with Crippen molar-refractivity contribution in [3.63, 3.8) is 0 Å². The molecule has 0 saturated heterocycles. The summed E-state index contributed by atoms with van der Waals surface area (Å²) in [5.41, 5.74) is 1.92. The quantitative estimate of drug-likeness (QED) is 0.543. The first kappa shape index (κ1) is 18.2. The van der Waals surface area contributed by atoms with Crippen LogP contribution in [-0.4, -0.2) is 25.7 Å². The molecule has 0 aliphatic rings. The summed E-state index contributed by atoms with van der Waals surface area (Å²) in [4.78, 5) is 34.3. The number of hydrogen-bond donors (Lipinski definition) is 1. The maximum atomic E-state index is 12.7. The summed E-state index contributed by atoms with van der Waals surface area (Å²) in [5, 5.41) is 11.4. The summed E-state index contributed by atoms with van der Waals surface area (Å²) in [6.07, 6.45) is 3.40.